The van der Waals surface area contributed by atoms with Crippen LogP contribution in [0.2, 0.25) is 0 Å². The number of anilines is 1. The maximum absolute atomic E-state index is 12.0. The Morgan fingerprint density at radius 2 is 2.20 bits per heavy atom. The highest BCUT2D eigenvalue weighted by atomic mass is 32.2. The first-order valence-corrected chi connectivity index (χ1v) is 7.48. The molecule has 1 aliphatic rings. The Morgan fingerprint density at radius 1 is 1.45 bits per heavy atom. The molecule has 0 amide bonds. The monoisotopic (exact) mass is 299 g/mol. The predicted molar refractivity (Wildman–Crippen MR) is 74.8 cm³/mol. The number of hydrogen-bond donors (Lipinski definition) is 3. The van der Waals surface area contributed by atoms with Crippen molar-refractivity contribution in [2.24, 2.45) is 0 Å². The molecule has 0 radical (unpaired) electrons. The maximum Gasteiger partial charge on any atom is 0.457 e. The molecule has 20 heavy (non-hydrogen) atoms. The van der Waals surface area contributed by atoms with Crippen LogP contribution in [0, 0.1) is 0 Å². The Hall–Kier alpha value is -1.71. The molecule has 0 aliphatic carbocycles. The smallest absolute Gasteiger partial charge is 0.369 e. The van der Waals surface area contributed by atoms with Crippen molar-refractivity contribution in [1.29, 1.82) is 0 Å². The molecule has 3 rings (SSSR count). The molecule has 2 aromatic rings. The fourth-order valence-corrected chi connectivity index (χ4v) is 4.04. The number of fused-ring (bicyclic) bond motifs is 1. The van der Waals surface area contributed by atoms with Gasteiger partial charge in [0.2, 0.25) is 5.95 Å². The average molecular weight is 299 g/mol. The van der Waals surface area contributed by atoms with Gasteiger partial charge in [-0.25, -0.2) is 4.79 Å². The number of rotatable bonds is 2. The lowest BCUT2D eigenvalue weighted by Gasteiger charge is -2.15. The Kier molecular flexibility index (Phi) is 2.92. The highest BCUT2D eigenvalue weighted by molar-refractivity contribution is 7.34. The summed E-state index contributed by atoms with van der Waals surface area (Å²) in [5.74, 6) is -0.210. The van der Waals surface area contributed by atoms with Gasteiger partial charge in [-0.3, -0.25) is 14.8 Å². The summed E-state index contributed by atoms with van der Waals surface area (Å²) in [6.45, 7) is 4.05. The number of hydrogen-bond acceptors (Lipinski definition) is 6. The molecule has 0 aromatic carbocycles. The zero-order valence-electron chi connectivity index (χ0n) is 11.1. The number of aromatic nitrogens is 3. The quantitative estimate of drug-likeness (QED) is 0.675. The summed E-state index contributed by atoms with van der Waals surface area (Å²) < 4.78 is 11.2. The SMILES string of the molecule is CC1(C)OCC(C[s+]2c(=O)[nH]c3c(=O)[nH]c(N)nc32)O1. The van der Waals surface area contributed by atoms with Gasteiger partial charge in [0, 0.05) is 0 Å². The molecular formula is C11H15N4O4S+. The average Bonchev–Trinajstić information content (AvgIpc) is 2.82. The summed E-state index contributed by atoms with van der Waals surface area (Å²) in [6.07, 6.45) is -0.202. The van der Waals surface area contributed by atoms with E-state index in [1.54, 1.807) is 0 Å². The highest BCUT2D eigenvalue weighted by Crippen LogP contribution is 2.30. The van der Waals surface area contributed by atoms with Crippen molar-refractivity contribution in [3.05, 3.63) is 20.0 Å². The molecule has 108 valence electrons. The Labute approximate surface area is 115 Å². The van der Waals surface area contributed by atoms with Gasteiger partial charge in [-0.05, 0) is 13.8 Å². The van der Waals surface area contributed by atoms with Gasteiger partial charge in [-0.2, -0.15) is 4.98 Å². The molecule has 9 heteroatoms. The van der Waals surface area contributed by atoms with Crippen LogP contribution in [-0.4, -0.2) is 33.4 Å². The number of ether oxygens (including phenoxy) is 2. The first kappa shape index (κ1) is 13.3. The minimum absolute atomic E-state index is 0.00618. The maximum atomic E-state index is 12.0. The number of nitrogen functional groups attached to an aromatic ring is 1. The van der Waals surface area contributed by atoms with E-state index < -0.39 is 21.8 Å². The number of thiazole rings is 1. The molecule has 1 fully saturated rings. The lowest BCUT2D eigenvalue weighted by molar-refractivity contribution is -0.137. The first-order chi connectivity index (χ1) is 9.35. The number of aromatic amines is 2. The van der Waals surface area contributed by atoms with Crippen molar-refractivity contribution in [3.8, 4) is 0 Å². The lowest BCUT2D eigenvalue weighted by Crippen LogP contribution is -2.22. The molecular weight excluding hydrogens is 284 g/mol. The van der Waals surface area contributed by atoms with Crippen molar-refractivity contribution in [1.82, 2.24) is 15.0 Å². The molecule has 0 bridgehead atoms. The van der Waals surface area contributed by atoms with Crippen molar-refractivity contribution >= 4 is 26.8 Å². The van der Waals surface area contributed by atoms with Gasteiger partial charge in [0.25, 0.3) is 5.56 Å². The predicted octanol–water partition coefficient (Wildman–Crippen LogP) is 0.0942. The topological polar surface area (TPSA) is 123 Å². The van der Waals surface area contributed by atoms with Gasteiger partial charge in [-0.15, -0.1) is 0 Å². The summed E-state index contributed by atoms with van der Waals surface area (Å²) in [5, 5.41) is 0. The zero-order chi connectivity index (χ0) is 14.5. The van der Waals surface area contributed by atoms with Crippen LogP contribution >= 0.6 is 10.5 Å². The normalized spacial score (nSPS) is 22.5. The molecule has 3 heterocycles. The van der Waals surface area contributed by atoms with Crippen molar-refractivity contribution < 1.29 is 9.47 Å². The van der Waals surface area contributed by atoms with Gasteiger partial charge in [0.05, 0.1) is 17.1 Å². The summed E-state index contributed by atoms with van der Waals surface area (Å²) in [4.78, 5) is 32.9. The van der Waals surface area contributed by atoms with Gasteiger partial charge in [0.1, 0.15) is 6.10 Å². The molecule has 2 aromatic heterocycles. The number of nitrogens with zero attached hydrogens (tertiary/aromatic N) is 1. The van der Waals surface area contributed by atoms with Crippen LogP contribution in [0.4, 0.5) is 5.95 Å². The minimum atomic E-state index is -0.857. The molecule has 1 aliphatic heterocycles. The van der Waals surface area contributed by atoms with E-state index in [4.69, 9.17) is 15.2 Å². The van der Waals surface area contributed by atoms with Crippen molar-refractivity contribution in [2.75, 3.05) is 12.3 Å². The van der Waals surface area contributed by atoms with Crippen molar-refractivity contribution in [2.45, 2.75) is 31.5 Å². The standard InChI is InChI=1S/C11H14N4O4S/c1-11(2)18-3-5(19-11)4-20-8-6(13-10(20)17)7(16)14-9(12)15-8/h5H,3-4H2,1-2H3,(H3-,12,13,14,15,16,17)/p+1. The molecule has 1 saturated heterocycles. The molecule has 0 saturated carbocycles. The van der Waals surface area contributed by atoms with Gasteiger partial charge >= 0.3 is 9.70 Å². The van der Waals surface area contributed by atoms with Crippen LogP contribution in [0.25, 0.3) is 10.3 Å². The molecule has 8 nitrogen and oxygen atoms in total. The van der Waals surface area contributed by atoms with E-state index in [0.29, 0.717) is 17.2 Å². The summed E-state index contributed by atoms with van der Waals surface area (Å²) in [5.41, 5.74) is 5.29. The summed E-state index contributed by atoms with van der Waals surface area (Å²) in [7, 11) is -0.857. The number of nitrogens with one attached hydrogen (secondary N) is 2. The van der Waals surface area contributed by atoms with E-state index >= 15 is 0 Å². The van der Waals surface area contributed by atoms with E-state index in [1.165, 1.54) is 0 Å². The third kappa shape index (κ3) is 2.23. The first-order valence-electron chi connectivity index (χ1n) is 6.09. The fourth-order valence-electron chi connectivity index (χ4n) is 2.19. The van der Waals surface area contributed by atoms with E-state index in [0.717, 1.165) is 0 Å². The van der Waals surface area contributed by atoms with Crippen LogP contribution in [0.15, 0.2) is 9.59 Å². The highest BCUT2D eigenvalue weighted by Gasteiger charge is 2.37. The molecule has 2 unspecified atom stereocenters. The van der Waals surface area contributed by atoms with E-state index in [9.17, 15) is 9.59 Å². The van der Waals surface area contributed by atoms with Gasteiger partial charge < -0.3 is 15.2 Å². The van der Waals surface area contributed by atoms with Crippen LogP contribution in [0.1, 0.15) is 13.8 Å². The Balaban J connectivity index is 2.02. The van der Waals surface area contributed by atoms with Gasteiger partial charge in [0.15, 0.2) is 17.1 Å². The third-order valence-corrected chi connectivity index (χ3v) is 5.03. The zero-order valence-corrected chi connectivity index (χ0v) is 11.9. The lowest BCUT2D eigenvalue weighted by atomic mass is 10.4. The van der Waals surface area contributed by atoms with Crippen LogP contribution in [0.5, 0.6) is 0 Å². The van der Waals surface area contributed by atoms with E-state index in [1.807, 2.05) is 13.8 Å². The second-order valence-electron chi connectivity index (χ2n) is 5.05. The third-order valence-electron chi connectivity index (χ3n) is 3.01. The van der Waals surface area contributed by atoms with Crippen LogP contribution < -0.4 is 16.2 Å². The van der Waals surface area contributed by atoms with Gasteiger partial charge in [-0.1, -0.05) is 0 Å². The number of H-pyrrole nitrogens is 2. The summed E-state index contributed by atoms with van der Waals surface area (Å²) >= 11 is 0. The Bertz CT molecular complexity index is 775. The van der Waals surface area contributed by atoms with E-state index in [-0.39, 0.29) is 22.4 Å². The van der Waals surface area contributed by atoms with Crippen LogP contribution in [-0.2, 0) is 15.2 Å². The Morgan fingerprint density at radius 3 is 2.85 bits per heavy atom. The second-order valence-corrected chi connectivity index (χ2v) is 6.92. The second kappa shape index (κ2) is 4.40. The van der Waals surface area contributed by atoms with E-state index in [2.05, 4.69) is 15.0 Å². The summed E-state index contributed by atoms with van der Waals surface area (Å²) in [6, 6.07) is 0. The number of nitrogens with two attached hydrogens (primary N) is 1. The van der Waals surface area contributed by atoms with Crippen molar-refractivity contribution in [3.63, 3.8) is 0 Å². The fraction of sp³-hybridized carbons (Fsp3) is 0.545. The van der Waals surface area contributed by atoms with Crippen LogP contribution in [0.3, 0.4) is 0 Å². The molecule has 4 N–H and O–H groups in total. The molecule has 0 spiro atoms. The minimum Gasteiger partial charge on any atom is -0.369 e. The largest absolute Gasteiger partial charge is 0.457 e. The molecule has 2 atom stereocenters.